The van der Waals surface area contributed by atoms with Gasteiger partial charge in [-0.05, 0) is 35.7 Å². The quantitative estimate of drug-likeness (QED) is 0.479. The molecule has 2 bridgehead atoms. The minimum Gasteiger partial charge on any atom is -0.496 e. The second-order valence-electron chi connectivity index (χ2n) is 7.05. The van der Waals surface area contributed by atoms with Crippen LogP contribution >= 0.6 is 0 Å². The van der Waals surface area contributed by atoms with Crippen LogP contribution in [0.15, 0.2) is 42.6 Å². The Morgan fingerprint density at radius 3 is 2.11 bits per heavy atom. The summed E-state index contributed by atoms with van der Waals surface area (Å²) >= 11 is 0. The molecule has 3 aliphatic rings. The van der Waals surface area contributed by atoms with Crippen LogP contribution in [0.3, 0.4) is 0 Å². The first-order valence-electron chi connectivity index (χ1n) is 9.43. The lowest BCUT2D eigenvalue weighted by Crippen LogP contribution is -2.29. The standard InChI is InChI=1S/C23H21NO4/c1-4-28-23(25)22-21-14(11-24-22)17-12-7-5-10-16(27-3)19(12)20(21)13-8-6-9-15(26-2)18(13)17/h5-11,17,20,24H,4H2,1-3H3/t17-,20+/m1/s1. The number of carbonyl (C=O) groups is 1. The van der Waals surface area contributed by atoms with E-state index in [9.17, 15) is 4.79 Å². The summed E-state index contributed by atoms with van der Waals surface area (Å²) in [5.74, 6) is 1.25. The fourth-order valence-electron chi connectivity index (χ4n) is 4.90. The van der Waals surface area contributed by atoms with Crippen LogP contribution in [0.5, 0.6) is 11.5 Å². The Kier molecular flexibility index (Phi) is 3.72. The lowest BCUT2D eigenvalue weighted by Gasteiger charge is -2.41. The van der Waals surface area contributed by atoms with Gasteiger partial charge in [0.15, 0.2) is 0 Å². The van der Waals surface area contributed by atoms with E-state index in [1.165, 1.54) is 5.56 Å². The molecule has 1 aromatic heterocycles. The maximum atomic E-state index is 12.6. The van der Waals surface area contributed by atoms with E-state index in [1.54, 1.807) is 14.2 Å². The highest BCUT2D eigenvalue weighted by Gasteiger charge is 2.47. The van der Waals surface area contributed by atoms with Crippen molar-refractivity contribution in [2.45, 2.75) is 18.8 Å². The van der Waals surface area contributed by atoms with Gasteiger partial charge in [-0.15, -0.1) is 0 Å². The Bertz CT molecular complexity index is 1100. The van der Waals surface area contributed by atoms with Crippen LogP contribution in [0, 0.1) is 0 Å². The van der Waals surface area contributed by atoms with Crippen LogP contribution in [0.4, 0.5) is 0 Å². The van der Waals surface area contributed by atoms with E-state index < -0.39 is 0 Å². The molecule has 28 heavy (non-hydrogen) atoms. The van der Waals surface area contributed by atoms with Gasteiger partial charge in [0, 0.05) is 34.7 Å². The zero-order valence-electron chi connectivity index (χ0n) is 16.0. The topological polar surface area (TPSA) is 60.6 Å². The van der Waals surface area contributed by atoms with Crippen molar-refractivity contribution in [3.05, 3.63) is 81.7 Å². The van der Waals surface area contributed by atoms with Crippen LogP contribution in [0.25, 0.3) is 0 Å². The predicted octanol–water partition coefficient (Wildman–Crippen LogP) is 4.20. The molecule has 5 heteroatoms. The molecule has 142 valence electrons. The van der Waals surface area contributed by atoms with Gasteiger partial charge in [0.2, 0.25) is 0 Å². The van der Waals surface area contributed by atoms with Crippen molar-refractivity contribution >= 4 is 5.97 Å². The van der Waals surface area contributed by atoms with E-state index in [0.717, 1.165) is 39.3 Å². The van der Waals surface area contributed by atoms with Crippen LogP contribution in [-0.4, -0.2) is 31.8 Å². The van der Waals surface area contributed by atoms with E-state index in [4.69, 9.17) is 14.2 Å². The predicted molar refractivity (Wildman–Crippen MR) is 105 cm³/mol. The largest absolute Gasteiger partial charge is 0.496 e. The van der Waals surface area contributed by atoms with Crippen molar-refractivity contribution in [3.63, 3.8) is 0 Å². The van der Waals surface area contributed by atoms with E-state index >= 15 is 0 Å². The summed E-state index contributed by atoms with van der Waals surface area (Å²) in [6.45, 7) is 2.16. The summed E-state index contributed by atoms with van der Waals surface area (Å²) in [6.07, 6.45) is 1.94. The minimum atomic E-state index is -0.322. The molecular formula is C23H21NO4. The van der Waals surface area contributed by atoms with Crippen molar-refractivity contribution in [2.24, 2.45) is 0 Å². The first-order chi connectivity index (χ1) is 13.7. The molecule has 0 fully saturated rings. The number of methoxy groups -OCH3 is 2. The van der Waals surface area contributed by atoms with Crippen LogP contribution in [-0.2, 0) is 4.74 Å². The monoisotopic (exact) mass is 375 g/mol. The van der Waals surface area contributed by atoms with Gasteiger partial charge >= 0.3 is 5.97 Å². The average Bonchev–Trinajstić information content (AvgIpc) is 3.18. The smallest absolute Gasteiger partial charge is 0.355 e. The molecule has 0 aliphatic heterocycles. The van der Waals surface area contributed by atoms with Crippen molar-refractivity contribution < 1.29 is 19.0 Å². The van der Waals surface area contributed by atoms with Gasteiger partial charge in [-0.1, -0.05) is 24.3 Å². The number of hydrogen-bond donors (Lipinski definition) is 1. The molecule has 1 N–H and O–H groups in total. The normalized spacial score (nSPS) is 18.1. The van der Waals surface area contributed by atoms with Gasteiger partial charge in [0.05, 0.1) is 20.8 Å². The number of hydrogen-bond acceptors (Lipinski definition) is 4. The molecular weight excluding hydrogens is 354 g/mol. The van der Waals surface area contributed by atoms with Crippen LogP contribution in [0.2, 0.25) is 0 Å². The Labute approximate surface area is 163 Å². The van der Waals surface area contributed by atoms with Gasteiger partial charge in [-0.2, -0.15) is 0 Å². The molecule has 0 radical (unpaired) electrons. The van der Waals surface area contributed by atoms with E-state index in [2.05, 4.69) is 17.1 Å². The number of rotatable bonds is 4. The zero-order valence-corrected chi connectivity index (χ0v) is 16.0. The second kappa shape index (κ2) is 6.16. The highest BCUT2D eigenvalue weighted by molar-refractivity contribution is 5.92. The van der Waals surface area contributed by atoms with E-state index in [-0.39, 0.29) is 17.8 Å². The lowest BCUT2D eigenvalue weighted by molar-refractivity contribution is 0.0518. The molecule has 2 atom stereocenters. The molecule has 0 spiro atoms. The maximum absolute atomic E-state index is 12.6. The fourth-order valence-corrected chi connectivity index (χ4v) is 4.90. The van der Waals surface area contributed by atoms with E-state index in [1.807, 2.05) is 37.4 Å². The Balaban J connectivity index is 1.84. The lowest BCUT2D eigenvalue weighted by atomic mass is 9.61. The summed E-state index contributed by atoms with van der Waals surface area (Å²) in [7, 11) is 3.39. The molecule has 2 aromatic carbocycles. The molecule has 5 nitrogen and oxygen atoms in total. The zero-order chi connectivity index (χ0) is 19.4. The summed E-state index contributed by atoms with van der Waals surface area (Å²) in [4.78, 5) is 15.8. The summed E-state index contributed by atoms with van der Waals surface area (Å²) in [5, 5.41) is 0. The number of aromatic amines is 1. The van der Waals surface area contributed by atoms with Gasteiger partial charge in [0.1, 0.15) is 17.2 Å². The minimum absolute atomic E-state index is 0.0179. The van der Waals surface area contributed by atoms with Crippen LogP contribution in [0.1, 0.15) is 62.6 Å². The second-order valence-corrected chi connectivity index (χ2v) is 7.05. The maximum Gasteiger partial charge on any atom is 0.355 e. The number of H-pyrrole nitrogens is 1. The van der Waals surface area contributed by atoms with Crippen molar-refractivity contribution in [2.75, 3.05) is 20.8 Å². The highest BCUT2D eigenvalue weighted by atomic mass is 16.5. The van der Waals surface area contributed by atoms with Crippen molar-refractivity contribution in [1.29, 1.82) is 0 Å². The molecule has 0 unspecified atom stereocenters. The highest BCUT2D eigenvalue weighted by Crippen LogP contribution is 2.60. The van der Waals surface area contributed by atoms with Gasteiger partial charge < -0.3 is 19.2 Å². The number of esters is 1. The van der Waals surface area contributed by atoms with Crippen molar-refractivity contribution in [1.82, 2.24) is 4.98 Å². The molecule has 0 amide bonds. The Morgan fingerprint density at radius 1 is 0.893 bits per heavy atom. The number of nitrogens with one attached hydrogen (secondary N) is 1. The molecule has 1 heterocycles. The fraction of sp³-hybridized carbons (Fsp3) is 0.261. The SMILES string of the molecule is CCOC(=O)c1[nH]cc2c1[C@H]1c3cccc(OC)c3[C@@H]2c2cccc(OC)c21. The van der Waals surface area contributed by atoms with Gasteiger partial charge in [-0.3, -0.25) is 0 Å². The third kappa shape index (κ3) is 2.04. The number of aromatic nitrogens is 1. The summed E-state index contributed by atoms with van der Waals surface area (Å²) in [6, 6.07) is 12.3. The van der Waals surface area contributed by atoms with Gasteiger partial charge in [0.25, 0.3) is 0 Å². The Hall–Kier alpha value is -3.21. The average molecular weight is 375 g/mol. The number of ether oxygens (including phenoxy) is 3. The Morgan fingerprint density at radius 2 is 1.50 bits per heavy atom. The third-order valence-electron chi connectivity index (χ3n) is 5.87. The number of benzene rings is 2. The molecule has 0 saturated carbocycles. The van der Waals surface area contributed by atoms with Crippen molar-refractivity contribution in [3.8, 4) is 11.5 Å². The molecule has 3 aliphatic carbocycles. The summed E-state index contributed by atoms with van der Waals surface area (Å²) in [5.41, 5.74) is 7.25. The summed E-state index contributed by atoms with van der Waals surface area (Å²) < 4.78 is 16.7. The molecule has 3 aromatic rings. The van der Waals surface area contributed by atoms with E-state index in [0.29, 0.717) is 12.3 Å². The number of carbonyl (C=O) groups excluding carboxylic acids is 1. The third-order valence-corrected chi connectivity index (χ3v) is 5.87. The molecule has 6 rings (SSSR count). The molecule has 0 saturated heterocycles. The first kappa shape index (κ1) is 16.9. The first-order valence-corrected chi connectivity index (χ1v) is 9.43. The van der Waals surface area contributed by atoms with Gasteiger partial charge in [-0.25, -0.2) is 4.79 Å². The van der Waals surface area contributed by atoms with Crippen LogP contribution < -0.4 is 9.47 Å².